The van der Waals surface area contributed by atoms with Crippen LogP contribution in [0.1, 0.15) is 30.9 Å². The number of rotatable bonds is 6. The Morgan fingerprint density at radius 2 is 1.74 bits per heavy atom. The van der Waals surface area contributed by atoms with Crippen molar-refractivity contribution in [1.29, 1.82) is 0 Å². The van der Waals surface area contributed by atoms with Crippen LogP contribution < -0.4 is 10.0 Å². The molecule has 0 bridgehead atoms. The summed E-state index contributed by atoms with van der Waals surface area (Å²) in [5, 5.41) is 2.89. The van der Waals surface area contributed by atoms with Gasteiger partial charge < -0.3 is 10.0 Å². The number of benzene rings is 2. The summed E-state index contributed by atoms with van der Waals surface area (Å²) in [5.41, 5.74) is 1.13. The fourth-order valence-corrected chi connectivity index (χ4v) is 4.16. The summed E-state index contributed by atoms with van der Waals surface area (Å²) in [6.07, 6.45) is -2.65. The highest BCUT2D eigenvalue weighted by Crippen LogP contribution is 2.64. The Morgan fingerprint density at radius 3 is 2.33 bits per heavy atom. The van der Waals surface area contributed by atoms with Crippen LogP contribution in [0.25, 0.3) is 0 Å². The van der Waals surface area contributed by atoms with Gasteiger partial charge in [-0.1, -0.05) is 37.9 Å². The fraction of sp³-hybridized carbons (Fsp3) is 0.400. The Balaban J connectivity index is 1.72. The third-order valence-electron chi connectivity index (χ3n) is 5.34. The number of nitrogens with one attached hydrogen (secondary N) is 2. The van der Waals surface area contributed by atoms with E-state index in [9.17, 15) is 17.6 Å². The fourth-order valence-electron chi connectivity index (χ4n) is 3.79. The molecule has 1 aliphatic rings. The SMILES string of the molecule is CSNc1ccc(C2C(CNc3ccc(F)cc3C(F)(F)F)C2(C)C)cc1. The molecule has 2 aromatic rings. The first-order valence-electron chi connectivity index (χ1n) is 8.64. The van der Waals surface area contributed by atoms with Gasteiger partial charge in [-0.05, 0) is 53.1 Å². The molecule has 0 amide bonds. The van der Waals surface area contributed by atoms with Crippen molar-refractivity contribution in [2.45, 2.75) is 25.9 Å². The molecule has 27 heavy (non-hydrogen) atoms. The van der Waals surface area contributed by atoms with Gasteiger partial charge in [0.1, 0.15) is 5.82 Å². The smallest absolute Gasteiger partial charge is 0.384 e. The van der Waals surface area contributed by atoms with E-state index in [1.165, 1.54) is 17.5 Å². The van der Waals surface area contributed by atoms with Gasteiger partial charge in [-0.15, -0.1) is 0 Å². The first-order chi connectivity index (χ1) is 12.6. The Hall–Kier alpha value is -1.89. The Morgan fingerprint density at radius 1 is 1.07 bits per heavy atom. The molecule has 0 spiro atoms. The Bertz CT molecular complexity index is 803. The lowest BCUT2D eigenvalue weighted by Gasteiger charge is -2.15. The van der Waals surface area contributed by atoms with E-state index in [4.69, 9.17) is 0 Å². The van der Waals surface area contributed by atoms with Gasteiger partial charge in [0.25, 0.3) is 0 Å². The van der Waals surface area contributed by atoms with Crippen LogP contribution in [0.15, 0.2) is 42.5 Å². The van der Waals surface area contributed by atoms with Gasteiger partial charge in [-0.25, -0.2) is 4.39 Å². The van der Waals surface area contributed by atoms with Crippen LogP contribution in [-0.2, 0) is 6.18 Å². The molecule has 2 aromatic carbocycles. The number of anilines is 2. The van der Waals surface area contributed by atoms with E-state index in [0.29, 0.717) is 12.6 Å². The van der Waals surface area contributed by atoms with Gasteiger partial charge >= 0.3 is 6.18 Å². The highest BCUT2D eigenvalue weighted by molar-refractivity contribution is 7.99. The predicted octanol–water partition coefficient (Wildman–Crippen LogP) is 6.39. The quantitative estimate of drug-likeness (QED) is 0.436. The zero-order valence-corrected chi connectivity index (χ0v) is 16.1. The predicted molar refractivity (Wildman–Crippen MR) is 103 cm³/mol. The molecular formula is C20H22F4N2S. The first kappa shape index (κ1) is 19.9. The summed E-state index contributed by atoms with van der Waals surface area (Å²) in [7, 11) is 0. The van der Waals surface area contributed by atoms with Gasteiger partial charge in [-0.3, -0.25) is 0 Å². The highest BCUT2D eigenvalue weighted by atomic mass is 32.2. The zero-order valence-electron chi connectivity index (χ0n) is 15.3. The van der Waals surface area contributed by atoms with E-state index in [1.807, 2.05) is 18.4 Å². The van der Waals surface area contributed by atoms with E-state index >= 15 is 0 Å². The second-order valence-electron chi connectivity index (χ2n) is 7.40. The van der Waals surface area contributed by atoms with Crippen molar-refractivity contribution in [1.82, 2.24) is 0 Å². The molecular weight excluding hydrogens is 376 g/mol. The van der Waals surface area contributed by atoms with E-state index in [1.54, 1.807) is 0 Å². The summed E-state index contributed by atoms with van der Waals surface area (Å²) in [4.78, 5) is 0. The number of halogens is 4. The molecule has 146 valence electrons. The monoisotopic (exact) mass is 398 g/mol. The Kier molecular flexibility index (Phi) is 5.34. The van der Waals surface area contributed by atoms with E-state index < -0.39 is 17.6 Å². The maximum Gasteiger partial charge on any atom is 0.418 e. The van der Waals surface area contributed by atoms with Gasteiger partial charge in [0.05, 0.1) is 5.56 Å². The third-order valence-corrected chi connectivity index (χ3v) is 5.78. The summed E-state index contributed by atoms with van der Waals surface area (Å²) >= 11 is 1.52. The minimum absolute atomic E-state index is 0.0140. The van der Waals surface area contributed by atoms with E-state index in [-0.39, 0.29) is 22.9 Å². The van der Waals surface area contributed by atoms with Crippen LogP contribution in [0.2, 0.25) is 0 Å². The first-order valence-corrected chi connectivity index (χ1v) is 9.86. The summed E-state index contributed by atoms with van der Waals surface area (Å²) in [5.74, 6) is -0.428. The van der Waals surface area contributed by atoms with Gasteiger partial charge in [0.2, 0.25) is 0 Å². The van der Waals surface area contributed by atoms with E-state index in [2.05, 4.69) is 36.0 Å². The third kappa shape index (κ3) is 4.18. The Labute approximate surface area is 160 Å². The van der Waals surface area contributed by atoms with Crippen LogP contribution in [0, 0.1) is 17.2 Å². The van der Waals surface area contributed by atoms with Crippen LogP contribution in [0.4, 0.5) is 28.9 Å². The molecule has 0 saturated heterocycles. The molecule has 2 N–H and O–H groups in total. The average Bonchev–Trinajstić information content (AvgIpc) is 3.14. The summed E-state index contributed by atoms with van der Waals surface area (Å²) in [6, 6.07) is 10.9. The maximum absolute atomic E-state index is 13.2. The van der Waals surface area contributed by atoms with Crippen LogP contribution >= 0.6 is 11.9 Å². The highest BCUT2D eigenvalue weighted by Gasteiger charge is 2.57. The van der Waals surface area contributed by atoms with Crippen molar-refractivity contribution < 1.29 is 17.6 Å². The van der Waals surface area contributed by atoms with Crippen LogP contribution in [0.5, 0.6) is 0 Å². The lowest BCUT2D eigenvalue weighted by Crippen LogP contribution is -2.14. The normalized spacial score (nSPS) is 21.0. The average molecular weight is 398 g/mol. The minimum Gasteiger partial charge on any atom is -0.384 e. The largest absolute Gasteiger partial charge is 0.418 e. The van der Waals surface area contributed by atoms with Gasteiger partial charge in [0, 0.05) is 24.2 Å². The van der Waals surface area contributed by atoms with Gasteiger partial charge in [0.15, 0.2) is 0 Å². The minimum atomic E-state index is -4.59. The second-order valence-corrected chi connectivity index (χ2v) is 8.01. The lowest BCUT2D eigenvalue weighted by atomic mass is 10.0. The van der Waals surface area contributed by atoms with E-state index in [0.717, 1.165) is 17.8 Å². The molecule has 2 atom stereocenters. The standard InChI is InChI=1S/C20H22F4N2S/c1-19(2)16(18(19)12-4-7-14(8-5-12)26-27-3)11-25-17-9-6-13(21)10-15(17)20(22,23)24/h4-10,16,18,25-26H,11H2,1-3H3. The molecule has 7 heteroatoms. The van der Waals surface area contributed by atoms with Crippen LogP contribution in [0.3, 0.4) is 0 Å². The second kappa shape index (κ2) is 7.26. The molecule has 1 fully saturated rings. The number of hydrogen-bond acceptors (Lipinski definition) is 3. The van der Waals surface area contributed by atoms with Crippen molar-refractivity contribution >= 4 is 23.3 Å². The zero-order chi connectivity index (χ0) is 19.8. The number of hydrogen-bond donors (Lipinski definition) is 2. The van der Waals surface area contributed by atoms with Crippen molar-refractivity contribution in [2.75, 3.05) is 22.8 Å². The molecule has 1 aliphatic carbocycles. The van der Waals surface area contributed by atoms with Crippen molar-refractivity contribution in [3.63, 3.8) is 0 Å². The molecule has 0 aromatic heterocycles. The lowest BCUT2D eigenvalue weighted by molar-refractivity contribution is -0.137. The number of alkyl halides is 3. The molecule has 1 saturated carbocycles. The summed E-state index contributed by atoms with van der Waals surface area (Å²) < 4.78 is 55.9. The van der Waals surface area contributed by atoms with Crippen molar-refractivity contribution in [2.24, 2.45) is 11.3 Å². The molecule has 0 heterocycles. The topological polar surface area (TPSA) is 24.1 Å². The molecule has 0 aliphatic heterocycles. The van der Waals surface area contributed by atoms with Gasteiger partial charge in [-0.2, -0.15) is 13.2 Å². The molecule has 3 rings (SSSR count). The maximum atomic E-state index is 13.2. The summed E-state index contributed by atoms with van der Waals surface area (Å²) in [6.45, 7) is 4.64. The van der Waals surface area contributed by atoms with Crippen molar-refractivity contribution in [3.8, 4) is 0 Å². The molecule has 2 nitrogen and oxygen atoms in total. The molecule has 0 radical (unpaired) electrons. The van der Waals surface area contributed by atoms with Crippen LogP contribution in [-0.4, -0.2) is 12.8 Å². The van der Waals surface area contributed by atoms with Crippen molar-refractivity contribution in [3.05, 3.63) is 59.4 Å². The molecule has 2 unspecified atom stereocenters.